The van der Waals surface area contributed by atoms with Crippen molar-refractivity contribution in [2.75, 3.05) is 0 Å². The van der Waals surface area contributed by atoms with Crippen LogP contribution in [0.4, 0.5) is 4.79 Å². The summed E-state index contributed by atoms with van der Waals surface area (Å²) in [4.78, 5) is 15.9. The average molecular weight is 337 g/mol. The van der Waals surface area contributed by atoms with Crippen molar-refractivity contribution in [1.82, 2.24) is 15.6 Å². The molecule has 0 aliphatic rings. The van der Waals surface area contributed by atoms with Gasteiger partial charge in [-0.25, -0.2) is 9.78 Å². The molecule has 2 N–H and O–H groups in total. The summed E-state index contributed by atoms with van der Waals surface area (Å²) in [5.41, 5.74) is 1.70. The molecule has 2 amide bonds. The summed E-state index contributed by atoms with van der Waals surface area (Å²) in [6.45, 7) is 2.56. The van der Waals surface area contributed by atoms with Crippen LogP contribution >= 0.6 is 0 Å². The topological polar surface area (TPSA) is 76.4 Å². The van der Waals surface area contributed by atoms with E-state index in [1.54, 1.807) is 6.92 Å². The largest absolute Gasteiger partial charge is 0.457 e. The fourth-order valence-corrected chi connectivity index (χ4v) is 2.21. The minimum absolute atomic E-state index is 0.257. The van der Waals surface area contributed by atoms with Gasteiger partial charge in [-0.2, -0.15) is 0 Å². The number of nitrogens with zero attached hydrogens (tertiary/aromatic N) is 1. The zero-order valence-electron chi connectivity index (χ0n) is 13.9. The van der Waals surface area contributed by atoms with E-state index in [0.29, 0.717) is 18.8 Å². The first-order chi connectivity index (χ1) is 12.2. The summed E-state index contributed by atoms with van der Waals surface area (Å²) < 4.78 is 10.8. The van der Waals surface area contributed by atoms with Crippen molar-refractivity contribution in [2.24, 2.45) is 0 Å². The molecule has 3 rings (SSSR count). The van der Waals surface area contributed by atoms with Crippen molar-refractivity contribution in [1.29, 1.82) is 0 Å². The highest BCUT2D eigenvalue weighted by atomic mass is 16.5. The zero-order chi connectivity index (χ0) is 17.5. The number of aryl methyl sites for hydroxylation is 1. The van der Waals surface area contributed by atoms with Crippen LogP contribution in [0.5, 0.6) is 11.5 Å². The second-order valence-electron chi connectivity index (χ2n) is 5.45. The lowest BCUT2D eigenvalue weighted by molar-refractivity contribution is 0.240. The normalized spacial score (nSPS) is 10.3. The number of carbonyl (C=O) groups excluding carboxylic acids is 1. The molecule has 6 nitrogen and oxygen atoms in total. The van der Waals surface area contributed by atoms with E-state index in [-0.39, 0.29) is 6.03 Å². The predicted molar refractivity (Wildman–Crippen MR) is 93.3 cm³/mol. The molecule has 0 spiro atoms. The van der Waals surface area contributed by atoms with Crippen LogP contribution in [0.25, 0.3) is 0 Å². The number of urea groups is 1. The van der Waals surface area contributed by atoms with Crippen molar-refractivity contribution >= 4 is 6.03 Å². The predicted octanol–water partition coefficient (Wildman–Crippen LogP) is 3.77. The molecule has 1 aromatic heterocycles. The lowest BCUT2D eigenvalue weighted by Crippen LogP contribution is -2.34. The van der Waals surface area contributed by atoms with Gasteiger partial charge in [0.05, 0.1) is 6.54 Å². The number of aromatic nitrogens is 1. The quantitative estimate of drug-likeness (QED) is 0.718. The first-order valence-electron chi connectivity index (χ1n) is 7.93. The molecule has 0 unspecified atom stereocenters. The Balaban J connectivity index is 1.45. The molecule has 0 radical (unpaired) electrons. The number of hydrogen-bond donors (Lipinski definition) is 2. The Morgan fingerprint density at radius 2 is 1.68 bits per heavy atom. The number of benzene rings is 2. The number of hydrogen-bond acceptors (Lipinski definition) is 4. The first kappa shape index (κ1) is 16.6. The smallest absolute Gasteiger partial charge is 0.315 e. The summed E-state index contributed by atoms with van der Waals surface area (Å²) >= 11 is 0. The summed E-state index contributed by atoms with van der Waals surface area (Å²) in [5, 5.41) is 5.54. The Labute approximate surface area is 145 Å². The average Bonchev–Trinajstić information content (AvgIpc) is 3.05. The van der Waals surface area contributed by atoms with E-state index in [2.05, 4.69) is 15.6 Å². The number of amides is 2. The summed E-state index contributed by atoms with van der Waals surface area (Å²) in [6.07, 6.45) is 1.36. The fraction of sp³-hybridized carbons (Fsp3) is 0.158. The molecule has 25 heavy (non-hydrogen) atoms. The molecule has 0 saturated carbocycles. The van der Waals surface area contributed by atoms with E-state index in [1.165, 1.54) is 6.39 Å². The van der Waals surface area contributed by atoms with Crippen LogP contribution in [0.3, 0.4) is 0 Å². The molecule has 3 aromatic rings. The molecular weight excluding hydrogens is 318 g/mol. The van der Waals surface area contributed by atoms with Gasteiger partial charge in [0.2, 0.25) is 0 Å². The van der Waals surface area contributed by atoms with Crippen LogP contribution in [-0.2, 0) is 13.1 Å². The zero-order valence-corrected chi connectivity index (χ0v) is 13.9. The highest BCUT2D eigenvalue weighted by Crippen LogP contribution is 2.21. The van der Waals surface area contributed by atoms with Crippen LogP contribution in [0.15, 0.2) is 65.4 Å². The lowest BCUT2D eigenvalue weighted by Gasteiger charge is -2.08. The van der Waals surface area contributed by atoms with Gasteiger partial charge < -0.3 is 19.8 Å². The molecule has 2 aromatic carbocycles. The van der Waals surface area contributed by atoms with Gasteiger partial charge in [-0.3, -0.25) is 0 Å². The minimum atomic E-state index is -0.257. The third kappa shape index (κ3) is 4.84. The van der Waals surface area contributed by atoms with E-state index >= 15 is 0 Å². The molecule has 0 aliphatic carbocycles. The molecule has 0 atom stereocenters. The second kappa shape index (κ2) is 8.01. The molecular formula is C19H19N3O3. The third-order valence-electron chi connectivity index (χ3n) is 3.62. The molecule has 0 bridgehead atoms. The number of carbonyl (C=O) groups is 1. The Bertz CT molecular complexity index is 813. The Kier molecular flexibility index (Phi) is 5.31. The molecule has 128 valence electrons. The van der Waals surface area contributed by atoms with Crippen LogP contribution < -0.4 is 15.4 Å². The Hall–Kier alpha value is -3.28. The number of ether oxygens (including phenoxy) is 1. The maximum atomic E-state index is 11.8. The molecule has 0 fully saturated rings. The number of nitrogens with one attached hydrogen (secondary N) is 2. The third-order valence-corrected chi connectivity index (χ3v) is 3.62. The van der Waals surface area contributed by atoms with Crippen LogP contribution in [-0.4, -0.2) is 11.0 Å². The fourth-order valence-electron chi connectivity index (χ4n) is 2.21. The standard InChI is InChI=1S/C19H19N3O3/c1-14-18(22-13-24-14)12-21-19(23)20-11-15-7-9-17(10-8-15)25-16-5-3-2-4-6-16/h2-10,13H,11-12H2,1H3,(H2,20,21,23). The van der Waals surface area contributed by atoms with E-state index in [9.17, 15) is 4.79 Å². The van der Waals surface area contributed by atoms with Crippen molar-refractivity contribution in [3.63, 3.8) is 0 Å². The Morgan fingerprint density at radius 1 is 1.00 bits per heavy atom. The highest BCUT2D eigenvalue weighted by Gasteiger charge is 2.06. The van der Waals surface area contributed by atoms with Crippen LogP contribution in [0, 0.1) is 6.92 Å². The van der Waals surface area contributed by atoms with Crippen LogP contribution in [0.2, 0.25) is 0 Å². The van der Waals surface area contributed by atoms with Crippen molar-refractivity contribution < 1.29 is 13.9 Å². The van der Waals surface area contributed by atoms with Gasteiger partial charge in [0.15, 0.2) is 6.39 Å². The van der Waals surface area contributed by atoms with Gasteiger partial charge in [0.1, 0.15) is 23.0 Å². The molecule has 0 aliphatic heterocycles. The summed E-state index contributed by atoms with van der Waals surface area (Å²) in [7, 11) is 0. The minimum Gasteiger partial charge on any atom is -0.457 e. The highest BCUT2D eigenvalue weighted by molar-refractivity contribution is 5.73. The van der Waals surface area contributed by atoms with E-state index < -0.39 is 0 Å². The van der Waals surface area contributed by atoms with Gasteiger partial charge >= 0.3 is 6.03 Å². The molecule has 1 heterocycles. The molecule has 0 saturated heterocycles. The van der Waals surface area contributed by atoms with Crippen molar-refractivity contribution in [3.05, 3.63) is 78.0 Å². The van der Waals surface area contributed by atoms with Gasteiger partial charge in [-0.1, -0.05) is 30.3 Å². The number of oxazole rings is 1. The van der Waals surface area contributed by atoms with Crippen molar-refractivity contribution in [2.45, 2.75) is 20.0 Å². The van der Waals surface area contributed by atoms with Crippen molar-refractivity contribution in [3.8, 4) is 11.5 Å². The summed E-state index contributed by atoms with van der Waals surface area (Å²) in [6, 6.07) is 16.9. The number of para-hydroxylation sites is 1. The second-order valence-corrected chi connectivity index (χ2v) is 5.45. The summed E-state index contributed by atoms with van der Waals surface area (Å²) in [5.74, 6) is 2.24. The van der Waals surface area contributed by atoms with Gasteiger partial charge in [0, 0.05) is 6.54 Å². The monoisotopic (exact) mass is 337 g/mol. The lowest BCUT2D eigenvalue weighted by atomic mass is 10.2. The molecule has 6 heteroatoms. The van der Waals surface area contributed by atoms with E-state index in [1.807, 2.05) is 54.6 Å². The first-order valence-corrected chi connectivity index (χ1v) is 7.93. The van der Waals surface area contributed by atoms with Gasteiger partial charge in [-0.15, -0.1) is 0 Å². The van der Waals surface area contributed by atoms with Crippen LogP contribution in [0.1, 0.15) is 17.0 Å². The maximum absolute atomic E-state index is 11.8. The SMILES string of the molecule is Cc1ocnc1CNC(=O)NCc1ccc(Oc2ccccc2)cc1. The van der Waals surface area contributed by atoms with Gasteiger partial charge in [0.25, 0.3) is 0 Å². The van der Waals surface area contributed by atoms with E-state index in [0.717, 1.165) is 22.8 Å². The van der Waals surface area contributed by atoms with E-state index in [4.69, 9.17) is 9.15 Å². The Morgan fingerprint density at radius 3 is 2.36 bits per heavy atom. The van der Waals surface area contributed by atoms with Gasteiger partial charge in [-0.05, 0) is 36.8 Å². The number of rotatable bonds is 6. The maximum Gasteiger partial charge on any atom is 0.315 e.